The molecule has 2 aromatic rings. The number of nitrogens with one attached hydrogen (secondary N) is 2. The molecule has 4 rings (SSSR count). The first-order valence-corrected chi connectivity index (χ1v) is 13.3. The summed E-state index contributed by atoms with van der Waals surface area (Å²) in [6.45, 7) is 6.96. The molecule has 176 valence electrons. The second kappa shape index (κ2) is 7.84. The van der Waals surface area contributed by atoms with Crippen LogP contribution in [0.2, 0.25) is 0 Å². The molecular formula is C21H31N5O4S2. The van der Waals surface area contributed by atoms with Crippen molar-refractivity contribution < 1.29 is 19.2 Å². The normalized spacial score (nSPS) is 17.7. The minimum atomic E-state index is -3.88. The number of rotatable bonds is 5. The molecule has 0 bridgehead atoms. The van der Waals surface area contributed by atoms with Gasteiger partial charge in [0, 0.05) is 11.1 Å². The molecule has 0 fully saturated rings. The van der Waals surface area contributed by atoms with Gasteiger partial charge in [0.2, 0.25) is 0 Å². The molecule has 9 nitrogen and oxygen atoms in total. The van der Waals surface area contributed by atoms with Crippen LogP contribution < -0.4 is 15.2 Å². The number of nitrogens with zero attached hydrogens (tertiary/aromatic N) is 2. The molecule has 2 amide bonds. The Morgan fingerprint density at radius 2 is 1.97 bits per heavy atom. The van der Waals surface area contributed by atoms with Crippen molar-refractivity contribution in [1.82, 2.24) is 14.7 Å². The van der Waals surface area contributed by atoms with E-state index in [4.69, 9.17) is 10.1 Å². The largest absolute Gasteiger partial charge is 0.390 e. The summed E-state index contributed by atoms with van der Waals surface area (Å²) in [5, 5.41) is 28.8. The maximum Gasteiger partial charge on any atom is 0.330 e. The Balaban J connectivity index is 1.62. The van der Waals surface area contributed by atoms with E-state index in [1.165, 1.54) is 13.8 Å². The molecular weight excluding hydrogens is 450 g/mol. The van der Waals surface area contributed by atoms with Crippen LogP contribution in [0, 0.1) is 0 Å². The van der Waals surface area contributed by atoms with Crippen molar-refractivity contribution in [3.05, 3.63) is 33.1 Å². The first kappa shape index (κ1) is 23.2. The van der Waals surface area contributed by atoms with Crippen LogP contribution in [0.15, 0.2) is 4.34 Å². The van der Waals surface area contributed by atoms with Crippen LogP contribution in [0.1, 0.15) is 73.6 Å². The molecule has 2 heterocycles. The zero-order chi connectivity index (χ0) is 23.5. The van der Waals surface area contributed by atoms with Gasteiger partial charge in [0.25, 0.3) is 0 Å². The zero-order valence-electron chi connectivity index (χ0n) is 18.8. The van der Waals surface area contributed by atoms with Gasteiger partial charge in [-0.15, -0.1) is 11.3 Å². The Kier molecular flexibility index (Phi) is 5.70. The third-order valence-electron chi connectivity index (χ3n) is 6.15. The average Bonchev–Trinajstić information content (AvgIpc) is 3.38. The number of carbonyl (C=O) groups is 1. The number of fused-ring (bicyclic) bond motifs is 2. The van der Waals surface area contributed by atoms with Crippen molar-refractivity contribution in [2.75, 3.05) is 5.32 Å². The Hall–Kier alpha value is -1.92. The highest BCUT2D eigenvalue weighted by atomic mass is 32.3. The number of pyridine rings is 1. The van der Waals surface area contributed by atoms with Crippen LogP contribution in [-0.2, 0) is 47.2 Å². The van der Waals surface area contributed by atoms with Crippen molar-refractivity contribution in [2.45, 2.75) is 81.8 Å². The van der Waals surface area contributed by atoms with Crippen LogP contribution in [0.3, 0.4) is 0 Å². The number of aliphatic hydroxyl groups excluding tert-OH is 1. The van der Waals surface area contributed by atoms with Gasteiger partial charge in [-0.25, -0.2) is 14.0 Å². The number of anilines is 1. The molecule has 0 aromatic carbocycles. The summed E-state index contributed by atoms with van der Waals surface area (Å²) in [6.07, 6.45) is 4.48. The number of thiol groups is 1. The molecule has 2 aromatic heterocycles. The fourth-order valence-electron chi connectivity index (χ4n) is 4.54. The second-order valence-corrected chi connectivity index (χ2v) is 13.0. The standard InChI is InChI=1S/C21H31N5O4S2/c1-20(2)9-8-12-15(11-6-5-7-13(11)23-16(12)20)25-18(28)26-32(22,30)19-24-14(10-27)17(31-19)21(3,4)29/h27,29,32H,5-10H2,1-4H3,(H4,22,23,25,26,28,30). The maximum absolute atomic E-state index is 13.2. The van der Waals surface area contributed by atoms with Crippen molar-refractivity contribution in [2.24, 2.45) is 5.14 Å². The maximum atomic E-state index is 13.2. The monoisotopic (exact) mass is 481 g/mol. The van der Waals surface area contributed by atoms with Gasteiger partial charge >= 0.3 is 6.03 Å². The molecule has 0 saturated heterocycles. The number of aryl methyl sites for hydroxylation is 1. The second-order valence-electron chi connectivity index (χ2n) is 9.69. The molecule has 0 aliphatic heterocycles. The number of carbonyl (C=O) groups excluding carboxylic acids is 1. The SMILES string of the molecule is CC(C)(O)c1sc([SH](N)(=O)NC(=O)Nc2c3c(nc4c2CCC4(C)C)CCC3)nc1CO. The molecule has 11 heteroatoms. The van der Waals surface area contributed by atoms with Crippen LogP contribution in [0.4, 0.5) is 10.5 Å². The smallest absolute Gasteiger partial charge is 0.330 e. The number of urea groups is 1. The average molecular weight is 482 g/mol. The number of aliphatic hydroxyl groups is 2. The Labute approximate surface area is 192 Å². The van der Waals surface area contributed by atoms with Gasteiger partial charge in [-0.05, 0) is 57.1 Å². The number of nitrogens with two attached hydrogens (primary N) is 1. The molecule has 0 atom stereocenters. The lowest BCUT2D eigenvalue weighted by Gasteiger charge is -2.22. The highest BCUT2D eigenvalue weighted by Crippen LogP contribution is 2.44. The predicted octanol–water partition coefficient (Wildman–Crippen LogP) is 1.96. The minimum absolute atomic E-state index is 0.0276. The number of aromatic nitrogens is 2. The van der Waals surface area contributed by atoms with E-state index < -0.39 is 28.5 Å². The van der Waals surface area contributed by atoms with E-state index in [-0.39, 0.29) is 15.4 Å². The van der Waals surface area contributed by atoms with Crippen LogP contribution in [-0.4, -0.2) is 30.4 Å². The van der Waals surface area contributed by atoms with E-state index in [9.17, 15) is 19.2 Å². The van der Waals surface area contributed by atoms with E-state index in [0.29, 0.717) is 4.88 Å². The number of hydrogen-bond acceptors (Lipinski definition) is 7. The number of hydrogen-bond donors (Lipinski definition) is 6. The number of thiazole rings is 1. The minimum Gasteiger partial charge on any atom is -0.390 e. The lowest BCUT2D eigenvalue weighted by atomic mass is 9.90. The van der Waals surface area contributed by atoms with Gasteiger partial charge < -0.3 is 15.5 Å². The fraction of sp³-hybridized carbons (Fsp3) is 0.571. The molecule has 6 N–H and O–H groups in total. The summed E-state index contributed by atoms with van der Waals surface area (Å²) >= 11 is 0.924. The summed E-state index contributed by atoms with van der Waals surface area (Å²) in [4.78, 5) is 22.3. The summed E-state index contributed by atoms with van der Waals surface area (Å²) in [5.74, 6) is 0. The number of amides is 2. The highest BCUT2D eigenvalue weighted by Gasteiger charge is 2.37. The molecule has 0 radical (unpaired) electrons. The van der Waals surface area contributed by atoms with Gasteiger partial charge in [-0.3, -0.25) is 14.8 Å². The van der Waals surface area contributed by atoms with Gasteiger partial charge in [-0.1, -0.05) is 13.8 Å². The Morgan fingerprint density at radius 1 is 1.25 bits per heavy atom. The first-order chi connectivity index (χ1) is 14.8. The summed E-state index contributed by atoms with van der Waals surface area (Å²) < 4.78 is 15.5. The Bertz CT molecular complexity index is 1140. The highest BCUT2D eigenvalue weighted by molar-refractivity contribution is 8.01. The summed E-state index contributed by atoms with van der Waals surface area (Å²) in [7, 11) is -3.88. The lowest BCUT2D eigenvalue weighted by Crippen LogP contribution is -2.45. The summed E-state index contributed by atoms with van der Waals surface area (Å²) in [5.41, 5.74) is 3.73. The van der Waals surface area contributed by atoms with Crippen molar-refractivity contribution in [3.8, 4) is 0 Å². The van der Waals surface area contributed by atoms with Crippen molar-refractivity contribution in [3.63, 3.8) is 0 Å². The molecule has 32 heavy (non-hydrogen) atoms. The van der Waals surface area contributed by atoms with E-state index in [0.717, 1.165) is 71.6 Å². The van der Waals surface area contributed by atoms with E-state index >= 15 is 0 Å². The topological polar surface area (TPSA) is 150 Å². The van der Waals surface area contributed by atoms with Crippen molar-refractivity contribution >= 4 is 33.4 Å². The third-order valence-corrected chi connectivity index (χ3v) is 9.65. The molecule has 2 aliphatic rings. The molecule has 0 unspecified atom stereocenters. The van der Waals surface area contributed by atoms with Gasteiger partial charge in [0.15, 0.2) is 4.34 Å². The van der Waals surface area contributed by atoms with Crippen LogP contribution in [0.25, 0.3) is 0 Å². The summed E-state index contributed by atoms with van der Waals surface area (Å²) in [6, 6.07) is -0.673. The van der Waals surface area contributed by atoms with Crippen molar-refractivity contribution in [1.29, 1.82) is 0 Å². The quantitative estimate of drug-likeness (QED) is 0.359. The molecule has 0 saturated carbocycles. The van der Waals surface area contributed by atoms with Gasteiger partial charge in [-0.2, -0.15) is 0 Å². The van der Waals surface area contributed by atoms with E-state index in [1.54, 1.807) is 0 Å². The van der Waals surface area contributed by atoms with Crippen LogP contribution in [0.5, 0.6) is 0 Å². The fourth-order valence-corrected chi connectivity index (χ4v) is 7.03. The lowest BCUT2D eigenvalue weighted by molar-refractivity contribution is 0.0796. The third kappa shape index (κ3) is 4.08. The molecule has 0 spiro atoms. The first-order valence-electron chi connectivity index (χ1n) is 10.7. The van der Waals surface area contributed by atoms with Crippen LogP contribution >= 0.6 is 11.3 Å². The van der Waals surface area contributed by atoms with Gasteiger partial charge in [0.1, 0.15) is 0 Å². The van der Waals surface area contributed by atoms with E-state index in [1.807, 2.05) is 0 Å². The van der Waals surface area contributed by atoms with Gasteiger partial charge in [0.05, 0.1) is 44.5 Å². The Morgan fingerprint density at radius 3 is 2.59 bits per heavy atom. The zero-order valence-corrected chi connectivity index (χ0v) is 20.5. The molecule has 2 aliphatic carbocycles. The predicted molar refractivity (Wildman–Crippen MR) is 125 cm³/mol. The van der Waals surface area contributed by atoms with E-state index in [2.05, 4.69) is 28.9 Å².